The molecule has 0 spiro atoms. The van der Waals surface area contributed by atoms with E-state index in [0.29, 0.717) is 5.41 Å². The van der Waals surface area contributed by atoms with Crippen molar-refractivity contribution in [2.75, 3.05) is 44.4 Å². The maximum atomic E-state index is 4.43. The van der Waals surface area contributed by atoms with Crippen LogP contribution in [-0.2, 0) is 0 Å². The average molecular weight is 249 g/mol. The van der Waals surface area contributed by atoms with Gasteiger partial charge in [-0.05, 0) is 38.4 Å². The van der Waals surface area contributed by atoms with Crippen molar-refractivity contribution in [1.29, 1.82) is 0 Å². The van der Waals surface area contributed by atoms with Crippen LogP contribution >= 0.6 is 0 Å². The molecule has 0 saturated carbocycles. The van der Waals surface area contributed by atoms with Gasteiger partial charge in [0.25, 0.3) is 0 Å². The molecule has 0 aliphatic carbocycles. The zero-order chi connectivity index (χ0) is 13.0. The molecular weight excluding hydrogens is 226 g/mol. The first kappa shape index (κ1) is 13.1. The zero-order valence-electron chi connectivity index (χ0n) is 11.5. The van der Waals surface area contributed by atoms with Crippen LogP contribution in [-0.4, -0.2) is 48.6 Å². The Morgan fingerprint density at radius 2 is 1.94 bits per heavy atom. The molecule has 1 aromatic rings. The van der Waals surface area contributed by atoms with Crippen LogP contribution in [0, 0.1) is 5.41 Å². The van der Waals surface area contributed by atoms with Crippen molar-refractivity contribution in [3.63, 3.8) is 0 Å². The summed E-state index contributed by atoms with van der Waals surface area (Å²) in [4.78, 5) is 11.0. The van der Waals surface area contributed by atoms with Crippen molar-refractivity contribution < 1.29 is 0 Å². The van der Waals surface area contributed by atoms with Crippen LogP contribution in [0.1, 0.15) is 19.8 Å². The first-order valence-electron chi connectivity index (χ1n) is 6.53. The van der Waals surface area contributed by atoms with Crippen LogP contribution in [0.5, 0.6) is 0 Å². The molecule has 5 heteroatoms. The maximum absolute atomic E-state index is 4.43. The molecule has 1 saturated heterocycles. The molecule has 0 bridgehead atoms. The predicted octanol–water partition coefficient (Wildman–Crippen LogP) is 1.66. The minimum absolute atomic E-state index is 0.365. The highest BCUT2D eigenvalue weighted by Gasteiger charge is 2.28. The van der Waals surface area contributed by atoms with Gasteiger partial charge in [0.1, 0.15) is 11.6 Å². The summed E-state index contributed by atoms with van der Waals surface area (Å²) < 4.78 is 0. The topological polar surface area (TPSA) is 53.1 Å². The normalized spacial score (nSPS) is 19.5. The summed E-state index contributed by atoms with van der Waals surface area (Å²) in [7, 11) is 4.04. The number of aromatic nitrogens is 2. The lowest BCUT2D eigenvalue weighted by atomic mass is 9.80. The lowest BCUT2D eigenvalue weighted by Gasteiger charge is -2.38. The highest BCUT2D eigenvalue weighted by molar-refractivity contribution is 5.41. The highest BCUT2D eigenvalue weighted by Crippen LogP contribution is 2.30. The van der Waals surface area contributed by atoms with Crippen LogP contribution in [0.3, 0.4) is 0 Å². The fourth-order valence-corrected chi connectivity index (χ4v) is 2.21. The predicted molar refractivity (Wildman–Crippen MR) is 74.9 cm³/mol. The molecule has 0 atom stereocenters. The Hall–Kier alpha value is -1.36. The lowest BCUT2D eigenvalue weighted by molar-refractivity contribution is 0.150. The highest BCUT2D eigenvalue weighted by atomic mass is 15.1. The van der Waals surface area contributed by atoms with Gasteiger partial charge in [0.15, 0.2) is 0 Å². The fraction of sp³-hybridized carbons (Fsp3) is 0.692. The third-order valence-electron chi connectivity index (χ3n) is 3.78. The number of nitrogens with zero attached hydrogens (tertiary/aromatic N) is 3. The van der Waals surface area contributed by atoms with Crippen LogP contribution in [0.25, 0.3) is 0 Å². The van der Waals surface area contributed by atoms with Crippen molar-refractivity contribution in [3.05, 3.63) is 12.4 Å². The number of likely N-dealkylation sites (tertiary alicyclic amines) is 1. The van der Waals surface area contributed by atoms with E-state index in [9.17, 15) is 0 Å². The van der Waals surface area contributed by atoms with Crippen molar-refractivity contribution in [2.24, 2.45) is 5.41 Å². The van der Waals surface area contributed by atoms with Gasteiger partial charge in [0.05, 0.1) is 12.4 Å². The average Bonchev–Trinajstić information content (AvgIpc) is 2.41. The summed E-state index contributed by atoms with van der Waals surface area (Å²) in [6.07, 6.45) is 5.97. The van der Waals surface area contributed by atoms with Gasteiger partial charge >= 0.3 is 0 Å². The minimum atomic E-state index is 0.365. The molecule has 100 valence electrons. The van der Waals surface area contributed by atoms with Gasteiger partial charge in [0.2, 0.25) is 0 Å². The maximum Gasteiger partial charge on any atom is 0.146 e. The van der Waals surface area contributed by atoms with E-state index in [1.54, 1.807) is 12.4 Å². The van der Waals surface area contributed by atoms with E-state index in [4.69, 9.17) is 0 Å². The number of rotatable bonds is 4. The van der Waals surface area contributed by atoms with Gasteiger partial charge in [-0.1, -0.05) is 6.92 Å². The van der Waals surface area contributed by atoms with E-state index in [-0.39, 0.29) is 0 Å². The first-order valence-corrected chi connectivity index (χ1v) is 6.53. The molecule has 1 aromatic heterocycles. The van der Waals surface area contributed by atoms with Crippen LogP contribution in [0.15, 0.2) is 12.4 Å². The van der Waals surface area contributed by atoms with Gasteiger partial charge in [-0.15, -0.1) is 0 Å². The van der Waals surface area contributed by atoms with Crippen LogP contribution in [0.4, 0.5) is 11.6 Å². The molecule has 0 unspecified atom stereocenters. The molecule has 5 nitrogen and oxygen atoms in total. The van der Waals surface area contributed by atoms with Crippen LogP contribution < -0.4 is 10.6 Å². The van der Waals surface area contributed by atoms with Crippen molar-refractivity contribution in [3.8, 4) is 0 Å². The summed E-state index contributed by atoms with van der Waals surface area (Å²) >= 11 is 0. The van der Waals surface area contributed by atoms with Gasteiger partial charge in [-0.3, -0.25) is 4.98 Å². The smallest absolute Gasteiger partial charge is 0.146 e. The van der Waals surface area contributed by atoms with E-state index in [1.165, 1.54) is 25.9 Å². The Balaban J connectivity index is 1.90. The Morgan fingerprint density at radius 1 is 1.28 bits per heavy atom. The standard InChI is InChI=1S/C13H23N5/c1-13(4-6-18(3)7-5-13)10-16-12-9-15-8-11(14-2)17-12/h8-9H,4-7,10H2,1-3H3,(H2,14,16,17). The Morgan fingerprint density at radius 3 is 2.61 bits per heavy atom. The molecule has 1 aliphatic heterocycles. The van der Waals surface area contributed by atoms with Gasteiger partial charge < -0.3 is 15.5 Å². The molecule has 18 heavy (non-hydrogen) atoms. The van der Waals surface area contributed by atoms with E-state index in [1.807, 2.05) is 7.05 Å². The van der Waals surface area contributed by atoms with E-state index < -0.39 is 0 Å². The lowest BCUT2D eigenvalue weighted by Crippen LogP contribution is -2.40. The molecular formula is C13H23N5. The van der Waals surface area contributed by atoms with E-state index in [0.717, 1.165) is 18.2 Å². The summed E-state index contributed by atoms with van der Waals surface area (Å²) in [5.74, 6) is 1.65. The van der Waals surface area contributed by atoms with Gasteiger partial charge in [0, 0.05) is 13.6 Å². The summed E-state index contributed by atoms with van der Waals surface area (Å²) in [6.45, 7) is 5.67. The molecule has 2 heterocycles. The van der Waals surface area contributed by atoms with Gasteiger partial charge in [-0.25, -0.2) is 4.98 Å². The second-order valence-electron chi connectivity index (χ2n) is 5.51. The fourth-order valence-electron chi connectivity index (χ4n) is 2.21. The molecule has 0 aromatic carbocycles. The summed E-state index contributed by atoms with van der Waals surface area (Å²) in [5, 5.41) is 6.41. The number of piperidine rings is 1. The molecule has 1 fully saturated rings. The van der Waals surface area contributed by atoms with Gasteiger partial charge in [-0.2, -0.15) is 0 Å². The Bertz CT molecular complexity index is 385. The van der Waals surface area contributed by atoms with E-state index in [2.05, 4.69) is 39.5 Å². The number of nitrogens with one attached hydrogen (secondary N) is 2. The minimum Gasteiger partial charge on any atom is -0.372 e. The third kappa shape index (κ3) is 3.32. The van der Waals surface area contributed by atoms with Crippen molar-refractivity contribution >= 4 is 11.6 Å². The molecule has 0 radical (unpaired) electrons. The first-order chi connectivity index (χ1) is 8.61. The molecule has 2 rings (SSSR count). The second kappa shape index (κ2) is 5.52. The number of hydrogen-bond acceptors (Lipinski definition) is 5. The Labute approximate surface area is 109 Å². The van der Waals surface area contributed by atoms with E-state index >= 15 is 0 Å². The zero-order valence-corrected chi connectivity index (χ0v) is 11.5. The molecule has 2 N–H and O–H groups in total. The second-order valence-corrected chi connectivity index (χ2v) is 5.51. The monoisotopic (exact) mass is 249 g/mol. The third-order valence-corrected chi connectivity index (χ3v) is 3.78. The summed E-state index contributed by atoms with van der Waals surface area (Å²) in [6, 6.07) is 0. The number of anilines is 2. The van der Waals surface area contributed by atoms with Crippen molar-refractivity contribution in [2.45, 2.75) is 19.8 Å². The molecule has 0 amide bonds. The van der Waals surface area contributed by atoms with Crippen LogP contribution in [0.2, 0.25) is 0 Å². The van der Waals surface area contributed by atoms with Crippen molar-refractivity contribution in [1.82, 2.24) is 14.9 Å². The number of hydrogen-bond donors (Lipinski definition) is 2. The summed E-state index contributed by atoms with van der Waals surface area (Å²) in [5.41, 5.74) is 0.365. The Kier molecular flexibility index (Phi) is 4.01. The SMILES string of the molecule is CNc1cncc(NCC2(C)CCN(C)CC2)n1. The largest absolute Gasteiger partial charge is 0.372 e. The quantitative estimate of drug-likeness (QED) is 0.850. The molecule has 1 aliphatic rings.